The molecule has 0 saturated heterocycles. The van der Waals surface area contributed by atoms with E-state index < -0.39 is 5.60 Å². The van der Waals surface area contributed by atoms with E-state index in [1.54, 1.807) is 6.07 Å². The summed E-state index contributed by atoms with van der Waals surface area (Å²) in [5, 5.41) is 0. The number of benzene rings is 1. The van der Waals surface area contributed by atoms with Crippen LogP contribution in [0, 0.1) is 12.7 Å². The highest BCUT2D eigenvalue weighted by molar-refractivity contribution is 5.31. The number of hydrogen-bond donors (Lipinski definition) is 1. The molecule has 0 radical (unpaired) electrons. The molecule has 2 N–H and O–H groups in total. The smallest absolute Gasteiger partial charge is 0.123 e. The topological polar surface area (TPSA) is 35.2 Å². The van der Waals surface area contributed by atoms with E-state index in [9.17, 15) is 4.39 Å². The molecule has 1 rings (SSSR count). The van der Waals surface area contributed by atoms with E-state index in [4.69, 9.17) is 10.5 Å². The average molecular weight is 239 g/mol. The predicted octanol–water partition coefficient (Wildman–Crippen LogP) is 3.34. The quantitative estimate of drug-likeness (QED) is 0.855. The van der Waals surface area contributed by atoms with Crippen molar-refractivity contribution in [1.29, 1.82) is 0 Å². The van der Waals surface area contributed by atoms with Crippen LogP contribution >= 0.6 is 0 Å². The molecule has 3 heteroatoms. The van der Waals surface area contributed by atoms with Crippen LogP contribution in [-0.2, 0) is 4.74 Å². The number of ether oxygens (including phenoxy) is 1. The lowest BCUT2D eigenvalue weighted by molar-refractivity contribution is -0.0473. The summed E-state index contributed by atoms with van der Waals surface area (Å²) in [6.45, 7) is 8.51. The number of rotatable bonds is 5. The summed E-state index contributed by atoms with van der Waals surface area (Å²) in [6.07, 6.45) is 0.818. The number of aryl methyl sites for hydroxylation is 1. The van der Waals surface area contributed by atoms with Crippen LogP contribution in [0.15, 0.2) is 18.2 Å². The Bertz CT molecular complexity index is 380. The maximum Gasteiger partial charge on any atom is 0.123 e. The number of nitrogens with two attached hydrogens (primary N) is 1. The molecule has 0 spiro atoms. The molecule has 1 aromatic carbocycles. The van der Waals surface area contributed by atoms with Crippen LogP contribution in [0.1, 0.15) is 44.4 Å². The van der Waals surface area contributed by atoms with E-state index in [2.05, 4.69) is 0 Å². The van der Waals surface area contributed by atoms with Gasteiger partial charge in [-0.25, -0.2) is 4.39 Å². The Kier molecular flexibility index (Phi) is 4.66. The minimum absolute atomic E-state index is 0.229. The van der Waals surface area contributed by atoms with Crippen molar-refractivity contribution in [3.63, 3.8) is 0 Å². The highest BCUT2D eigenvalue weighted by atomic mass is 19.1. The molecule has 2 atom stereocenters. The first kappa shape index (κ1) is 14.1. The molecule has 96 valence electrons. The molecule has 0 amide bonds. The van der Waals surface area contributed by atoms with Crippen molar-refractivity contribution in [3.05, 3.63) is 35.1 Å². The van der Waals surface area contributed by atoms with Crippen molar-refractivity contribution in [1.82, 2.24) is 0 Å². The zero-order valence-corrected chi connectivity index (χ0v) is 11.1. The van der Waals surface area contributed by atoms with Crippen LogP contribution < -0.4 is 5.73 Å². The zero-order chi connectivity index (χ0) is 13.1. The van der Waals surface area contributed by atoms with Crippen molar-refractivity contribution in [2.75, 3.05) is 6.61 Å². The summed E-state index contributed by atoms with van der Waals surface area (Å²) in [5.74, 6) is -0.229. The fourth-order valence-corrected chi connectivity index (χ4v) is 2.06. The molecular formula is C14H22FNO. The zero-order valence-electron chi connectivity index (χ0n) is 11.1. The third-order valence-electron chi connectivity index (χ3n) is 3.40. The van der Waals surface area contributed by atoms with E-state index in [0.29, 0.717) is 6.61 Å². The second-order valence-corrected chi connectivity index (χ2v) is 4.58. The maximum atomic E-state index is 13.1. The largest absolute Gasteiger partial charge is 0.374 e. The Hall–Kier alpha value is -0.930. The van der Waals surface area contributed by atoms with Gasteiger partial charge in [0.2, 0.25) is 0 Å². The molecule has 0 fully saturated rings. The summed E-state index contributed by atoms with van der Waals surface area (Å²) in [4.78, 5) is 0. The summed E-state index contributed by atoms with van der Waals surface area (Å²) in [6, 6.07) is 4.47. The molecule has 0 aliphatic rings. The van der Waals surface area contributed by atoms with Gasteiger partial charge in [-0.3, -0.25) is 0 Å². The molecular weight excluding hydrogens is 217 g/mol. The molecule has 2 nitrogen and oxygen atoms in total. The van der Waals surface area contributed by atoms with Gasteiger partial charge in [-0.05, 0) is 50.5 Å². The first-order valence-electron chi connectivity index (χ1n) is 6.10. The maximum absolute atomic E-state index is 13.1. The van der Waals surface area contributed by atoms with Crippen LogP contribution in [0.5, 0.6) is 0 Å². The minimum Gasteiger partial charge on any atom is -0.374 e. The molecule has 0 aliphatic carbocycles. The monoisotopic (exact) mass is 239 g/mol. The second kappa shape index (κ2) is 5.61. The Labute approximate surface area is 103 Å². The first-order chi connectivity index (χ1) is 7.94. The van der Waals surface area contributed by atoms with Crippen LogP contribution in [0.2, 0.25) is 0 Å². The van der Waals surface area contributed by atoms with Crippen molar-refractivity contribution >= 4 is 0 Å². The Morgan fingerprint density at radius 2 is 2.06 bits per heavy atom. The summed E-state index contributed by atoms with van der Waals surface area (Å²) in [7, 11) is 0. The highest BCUT2D eigenvalue weighted by Gasteiger charge is 2.32. The lowest BCUT2D eigenvalue weighted by Gasteiger charge is -2.35. The molecule has 0 saturated carbocycles. The van der Waals surface area contributed by atoms with Gasteiger partial charge in [-0.1, -0.05) is 13.0 Å². The molecule has 0 heterocycles. The van der Waals surface area contributed by atoms with Crippen LogP contribution in [-0.4, -0.2) is 12.2 Å². The lowest BCUT2D eigenvalue weighted by Crippen LogP contribution is -2.41. The average Bonchev–Trinajstić information content (AvgIpc) is 2.28. The van der Waals surface area contributed by atoms with Crippen molar-refractivity contribution in [2.24, 2.45) is 5.73 Å². The van der Waals surface area contributed by atoms with Gasteiger partial charge in [0.05, 0.1) is 11.6 Å². The molecule has 1 aromatic rings. The van der Waals surface area contributed by atoms with Gasteiger partial charge in [0, 0.05) is 6.61 Å². The molecule has 0 bridgehead atoms. The van der Waals surface area contributed by atoms with E-state index in [0.717, 1.165) is 17.5 Å². The Morgan fingerprint density at radius 3 is 2.53 bits per heavy atom. The third-order valence-corrected chi connectivity index (χ3v) is 3.40. The van der Waals surface area contributed by atoms with Gasteiger partial charge in [-0.2, -0.15) is 0 Å². The molecule has 0 aromatic heterocycles. The standard InChI is InChI=1S/C14H22FNO/c1-5-14(4,17-6-2)13(16)12-8-7-11(15)9-10(12)3/h7-9,13H,5-6,16H2,1-4H3. The van der Waals surface area contributed by atoms with Gasteiger partial charge in [0.25, 0.3) is 0 Å². The van der Waals surface area contributed by atoms with Gasteiger partial charge >= 0.3 is 0 Å². The van der Waals surface area contributed by atoms with E-state index in [1.807, 2.05) is 27.7 Å². The molecule has 0 aliphatic heterocycles. The van der Waals surface area contributed by atoms with E-state index in [-0.39, 0.29) is 11.9 Å². The van der Waals surface area contributed by atoms with Crippen molar-refractivity contribution < 1.29 is 9.13 Å². The SMILES string of the molecule is CCOC(C)(CC)C(N)c1ccc(F)cc1C. The van der Waals surface area contributed by atoms with E-state index in [1.165, 1.54) is 12.1 Å². The summed E-state index contributed by atoms with van der Waals surface area (Å²) in [5.41, 5.74) is 7.69. The van der Waals surface area contributed by atoms with Crippen molar-refractivity contribution in [2.45, 2.75) is 45.8 Å². The van der Waals surface area contributed by atoms with E-state index >= 15 is 0 Å². The van der Waals surface area contributed by atoms with Gasteiger partial charge in [-0.15, -0.1) is 0 Å². The summed E-state index contributed by atoms with van der Waals surface area (Å²) < 4.78 is 18.8. The van der Waals surface area contributed by atoms with Gasteiger partial charge in [0.1, 0.15) is 5.82 Å². The Morgan fingerprint density at radius 1 is 1.41 bits per heavy atom. The van der Waals surface area contributed by atoms with Crippen molar-refractivity contribution in [3.8, 4) is 0 Å². The lowest BCUT2D eigenvalue weighted by atomic mass is 9.86. The molecule has 17 heavy (non-hydrogen) atoms. The Balaban J connectivity index is 3.05. The number of halogens is 1. The van der Waals surface area contributed by atoms with Crippen LogP contribution in [0.25, 0.3) is 0 Å². The highest BCUT2D eigenvalue weighted by Crippen LogP contribution is 2.31. The van der Waals surface area contributed by atoms with Crippen LogP contribution in [0.4, 0.5) is 4.39 Å². The summed E-state index contributed by atoms with van der Waals surface area (Å²) >= 11 is 0. The number of hydrogen-bond acceptors (Lipinski definition) is 2. The van der Waals surface area contributed by atoms with Crippen LogP contribution in [0.3, 0.4) is 0 Å². The predicted molar refractivity (Wildman–Crippen MR) is 68.4 cm³/mol. The van der Waals surface area contributed by atoms with Gasteiger partial charge < -0.3 is 10.5 Å². The normalized spacial score (nSPS) is 16.6. The fourth-order valence-electron chi connectivity index (χ4n) is 2.06. The first-order valence-corrected chi connectivity index (χ1v) is 6.10. The fraction of sp³-hybridized carbons (Fsp3) is 0.571. The third kappa shape index (κ3) is 3.05. The molecule has 2 unspecified atom stereocenters. The minimum atomic E-state index is -0.405. The second-order valence-electron chi connectivity index (χ2n) is 4.58. The van der Waals surface area contributed by atoms with Gasteiger partial charge in [0.15, 0.2) is 0 Å².